The summed E-state index contributed by atoms with van der Waals surface area (Å²) < 4.78 is 0. The van der Waals surface area contributed by atoms with E-state index in [4.69, 9.17) is 9.97 Å². The van der Waals surface area contributed by atoms with Crippen LogP contribution in [0.4, 0.5) is 0 Å². The van der Waals surface area contributed by atoms with Crippen LogP contribution in [0, 0.1) is 6.07 Å². The van der Waals surface area contributed by atoms with Gasteiger partial charge in [0, 0.05) is 18.6 Å². The van der Waals surface area contributed by atoms with Crippen molar-refractivity contribution < 1.29 is 19.8 Å². The Morgan fingerprint density at radius 1 is 0.378 bits per heavy atom. The van der Waals surface area contributed by atoms with Gasteiger partial charge in [-0.15, -0.1) is 35.9 Å². The van der Waals surface area contributed by atoms with Crippen LogP contribution in [0.25, 0.3) is 45.4 Å². The molecule has 6 heteroatoms. The minimum absolute atomic E-state index is 0. The van der Waals surface area contributed by atoms with Crippen molar-refractivity contribution in [3.63, 3.8) is 0 Å². The minimum Gasteiger partial charge on any atom is -0.305 e. The molecule has 6 aromatic rings. The van der Waals surface area contributed by atoms with E-state index in [-0.39, 0.29) is 19.8 Å². The molecule has 0 atom stereocenters. The summed E-state index contributed by atoms with van der Waals surface area (Å²) in [6.07, 6.45) is 5.32. The van der Waals surface area contributed by atoms with Crippen molar-refractivity contribution in [3.05, 3.63) is 140 Å². The smallest absolute Gasteiger partial charge is 0.305 e. The molecule has 0 aliphatic heterocycles. The van der Waals surface area contributed by atoms with Crippen LogP contribution in [0.3, 0.4) is 0 Å². The van der Waals surface area contributed by atoms with Crippen molar-refractivity contribution in [2.24, 2.45) is 0 Å². The van der Waals surface area contributed by atoms with Gasteiger partial charge in [0.2, 0.25) is 0 Å². The molecule has 0 aliphatic rings. The number of hydrogen-bond donors (Lipinski definition) is 0. The molecule has 37 heavy (non-hydrogen) atoms. The Hall–Kier alpha value is -4.39. The first-order valence-electron chi connectivity index (χ1n) is 11.5. The van der Waals surface area contributed by atoms with Gasteiger partial charge in [0.1, 0.15) is 0 Å². The maximum absolute atomic E-state index is 4.70. The maximum Gasteiger partial charge on any atom is 1.00 e. The number of rotatable bonds is 4. The van der Waals surface area contributed by atoms with Crippen molar-refractivity contribution in [1.82, 2.24) is 24.9 Å². The average Bonchev–Trinajstić information content (AvgIpc) is 2.99. The van der Waals surface area contributed by atoms with Gasteiger partial charge in [0.15, 0.2) is 0 Å². The Bertz CT molecular complexity index is 1390. The number of aromatic nitrogens is 5. The van der Waals surface area contributed by atoms with E-state index >= 15 is 0 Å². The van der Waals surface area contributed by atoms with E-state index in [1.165, 1.54) is 0 Å². The molecule has 5 nitrogen and oxygen atoms in total. The number of pyridine rings is 5. The van der Waals surface area contributed by atoms with Crippen LogP contribution in [-0.4, -0.2) is 24.9 Å². The van der Waals surface area contributed by atoms with E-state index < -0.39 is 0 Å². The van der Waals surface area contributed by atoms with Gasteiger partial charge in [0.05, 0.1) is 34.2 Å². The van der Waals surface area contributed by atoms with Crippen molar-refractivity contribution in [3.8, 4) is 45.4 Å². The summed E-state index contributed by atoms with van der Waals surface area (Å²) in [5.41, 5.74) is 7.00. The largest absolute Gasteiger partial charge is 1.00 e. The second-order valence-corrected chi connectivity index (χ2v) is 7.74. The molecule has 0 saturated carbocycles. The Morgan fingerprint density at radius 2 is 0.784 bits per heavy atom. The molecule has 0 saturated heterocycles. The summed E-state index contributed by atoms with van der Waals surface area (Å²) in [5.74, 6) is 0. The molecule has 1 aromatic carbocycles. The second-order valence-electron chi connectivity index (χ2n) is 7.74. The summed E-state index contributed by atoms with van der Waals surface area (Å²) in [4.78, 5) is 22.3. The molecule has 0 bridgehead atoms. The fourth-order valence-corrected chi connectivity index (χ4v) is 3.54. The third-order valence-electron chi connectivity index (χ3n) is 5.27. The topological polar surface area (TPSA) is 64.5 Å². The van der Waals surface area contributed by atoms with Crippen molar-refractivity contribution in [2.45, 2.75) is 0 Å². The third kappa shape index (κ3) is 6.85. The molecule has 0 aliphatic carbocycles. The van der Waals surface area contributed by atoms with E-state index in [0.29, 0.717) is 0 Å². The monoisotopic (exact) mass is 656 g/mol. The van der Waals surface area contributed by atoms with Crippen molar-refractivity contribution >= 4 is 0 Å². The standard InChI is InChI=1S/C20H14N4.C11H8N.Os/c1-3-13-21-15(7-1)17-9-5-11-19(23-17)20-12-6-10-18(24-20)16-8-2-4-14-22-16;1-2-6-10(7-3-1)11-8-4-5-9-12-11;/h1-14H;1-6,8-9H;/q;-1;+1. The van der Waals surface area contributed by atoms with Gasteiger partial charge in [-0.1, -0.05) is 36.4 Å². The molecular formula is C31H22N5Os. The first-order valence-corrected chi connectivity index (χ1v) is 11.5. The predicted octanol–water partition coefficient (Wildman–Crippen LogP) is 6.81. The summed E-state index contributed by atoms with van der Waals surface area (Å²) in [7, 11) is 0. The number of benzene rings is 1. The van der Waals surface area contributed by atoms with E-state index in [0.717, 1.165) is 45.4 Å². The van der Waals surface area contributed by atoms with Gasteiger partial charge in [-0.3, -0.25) is 9.97 Å². The maximum atomic E-state index is 4.70. The Morgan fingerprint density at radius 3 is 1.19 bits per heavy atom. The summed E-state index contributed by atoms with van der Waals surface area (Å²) >= 11 is 0. The molecule has 0 N–H and O–H groups in total. The molecule has 5 aromatic heterocycles. The van der Waals surface area contributed by atoms with Crippen LogP contribution in [0.5, 0.6) is 0 Å². The summed E-state index contributed by atoms with van der Waals surface area (Å²) in [6, 6.07) is 40.2. The van der Waals surface area contributed by atoms with Crippen LogP contribution in [0.2, 0.25) is 0 Å². The van der Waals surface area contributed by atoms with Crippen molar-refractivity contribution in [2.75, 3.05) is 0 Å². The van der Waals surface area contributed by atoms with E-state index in [1.807, 2.05) is 115 Å². The summed E-state index contributed by atoms with van der Waals surface area (Å²) in [6.45, 7) is 0. The average molecular weight is 655 g/mol. The zero-order valence-electron chi connectivity index (χ0n) is 19.8. The Balaban J connectivity index is 0.000000208. The molecule has 0 unspecified atom stereocenters. The van der Waals surface area contributed by atoms with Crippen LogP contribution in [-0.2, 0) is 19.8 Å². The van der Waals surface area contributed by atoms with E-state index in [9.17, 15) is 0 Å². The van der Waals surface area contributed by atoms with Gasteiger partial charge in [0.25, 0.3) is 0 Å². The normalized spacial score (nSPS) is 9.95. The van der Waals surface area contributed by atoms with Gasteiger partial charge in [-0.2, -0.15) is 0 Å². The van der Waals surface area contributed by atoms with Gasteiger partial charge >= 0.3 is 19.8 Å². The van der Waals surface area contributed by atoms with Gasteiger partial charge < -0.3 is 4.98 Å². The van der Waals surface area contributed by atoms with Crippen LogP contribution < -0.4 is 0 Å². The van der Waals surface area contributed by atoms with Crippen molar-refractivity contribution in [1.29, 1.82) is 0 Å². The van der Waals surface area contributed by atoms with Crippen LogP contribution in [0.1, 0.15) is 0 Å². The second kappa shape index (κ2) is 13.1. The quantitative estimate of drug-likeness (QED) is 0.196. The fourth-order valence-electron chi connectivity index (χ4n) is 3.54. The molecule has 0 amide bonds. The third-order valence-corrected chi connectivity index (χ3v) is 5.27. The zero-order chi connectivity index (χ0) is 24.4. The molecule has 5 heterocycles. The van der Waals surface area contributed by atoms with Crippen LogP contribution >= 0.6 is 0 Å². The number of hydrogen-bond acceptors (Lipinski definition) is 5. The SMILES string of the molecule is [Os+].[c-]1ccccc1-c1ccccn1.c1ccc(-c2cccc(-c3cccc(-c4ccccn4)n3)n2)nc1. The first-order chi connectivity index (χ1) is 17.9. The Kier molecular flexibility index (Phi) is 9.07. The predicted molar refractivity (Wildman–Crippen MR) is 142 cm³/mol. The fraction of sp³-hybridized carbons (Fsp3) is 0. The van der Waals surface area contributed by atoms with Gasteiger partial charge in [-0.05, 0) is 60.3 Å². The first kappa shape index (κ1) is 25.7. The van der Waals surface area contributed by atoms with Crippen LogP contribution in [0.15, 0.2) is 134 Å². The number of nitrogens with zero attached hydrogens (tertiary/aromatic N) is 5. The molecule has 179 valence electrons. The molecular weight excluding hydrogens is 633 g/mol. The Labute approximate surface area is 229 Å². The molecule has 1 radical (unpaired) electrons. The van der Waals surface area contributed by atoms with Gasteiger partial charge in [-0.25, -0.2) is 9.97 Å². The van der Waals surface area contributed by atoms with E-state index in [2.05, 4.69) is 21.0 Å². The molecule has 0 fully saturated rings. The summed E-state index contributed by atoms with van der Waals surface area (Å²) in [5, 5.41) is 0. The van der Waals surface area contributed by atoms with E-state index in [1.54, 1.807) is 18.6 Å². The minimum atomic E-state index is 0. The zero-order valence-corrected chi connectivity index (χ0v) is 22.3. The molecule has 6 rings (SSSR count). The molecule has 0 spiro atoms.